The van der Waals surface area contributed by atoms with Crippen LogP contribution in [0.2, 0.25) is 0 Å². The molecule has 1 aliphatic rings. The molecule has 0 saturated carbocycles. The molecule has 1 N–H and O–H groups in total. The van der Waals surface area contributed by atoms with Gasteiger partial charge in [0.1, 0.15) is 0 Å². The van der Waals surface area contributed by atoms with Gasteiger partial charge in [-0.05, 0) is 36.8 Å². The van der Waals surface area contributed by atoms with E-state index in [9.17, 15) is 9.59 Å². The number of benzene rings is 1. The monoisotopic (exact) mass is 442 g/mol. The number of hydrogen-bond donors (Lipinski definition) is 1. The number of nitrogens with one attached hydrogen (secondary N) is 1. The largest absolute Gasteiger partial charge is 0.469 e. The van der Waals surface area contributed by atoms with Crippen molar-refractivity contribution in [3.8, 4) is 0 Å². The van der Waals surface area contributed by atoms with E-state index in [1.165, 1.54) is 7.11 Å². The first-order valence-corrected chi connectivity index (χ1v) is 9.52. The molecular formula is C20H19BrN4O3. The average molecular weight is 443 g/mol. The molecule has 28 heavy (non-hydrogen) atoms. The number of methoxy groups -OCH3 is 1. The molecule has 8 heteroatoms. The van der Waals surface area contributed by atoms with Crippen LogP contribution in [0.25, 0.3) is 0 Å². The first kappa shape index (κ1) is 19.9. The zero-order chi connectivity index (χ0) is 19.9. The molecule has 1 aromatic heterocycles. The number of aliphatic imine (C=N–C) groups is 2. The van der Waals surface area contributed by atoms with Gasteiger partial charge in [-0.1, -0.05) is 22.0 Å². The number of carbonyl (C=O) groups is 2. The number of ether oxygens (including phenoxy) is 1. The quantitative estimate of drug-likeness (QED) is 0.526. The molecule has 0 bridgehead atoms. The molecule has 0 aliphatic carbocycles. The number of halogens is 1. The first-order valence-electron chi connectivity index (χ1n) is 8.72. The highest BCUT2D eigenvalue weighted by atomic mass is 79.9. The third kappa shape index (κ3) is 4.69. The lowest BCUT2D eigenvalue weighted by Crippen LogP contribution is -2.31. The van der Waals surface area contributed by atoms with E-state index in [2.05, 4.69) is 26.2 Å². The Kier molecular flexibility index (Phi) is 6.65. The normalized spacial score (nSPS) is 15.6. The van der Waals surface area contributed by atoms with E-state index >= 15 is 0 Å². The lowest BCUT2D eigenvalue weighted by molar-refractivity contribution is -0.140. The smallest absolute Gasteiger partial charge is 0.305 e. The second kappa shape index (κ2) is 9.36. The summed E-state index contributed by atoms with van der Waals surface area (Å²) in [5.41, 5.74) is 3.64. The third-order valence-corrected chi connectivity index (χ3v) is 4.76. The van der Waals surface area contributed by atoms with E-state index in [1.807, 2.05) is 36.4 Å². The predicted octanol–water partition coefficient (Wildman–Crippen LogP) is 2.84. The minimum absolute atomic E-state index is 0.195. The van der Waals surface area contributed by atoms with Crippen LogP contribution in [0.3, 0.4) is 0 Å². The Morgan fingerprint density at radius 3 is 2.89 bits per heavy atom. The summed E-state index contributed by atoms with van der Waals surface area (Å²) in [5.74, 6) is -0.318. The Hall–Kier alpha value is -2.87. The number of aromatic nitrogens is 1. The van der Waals surface area contributed by atoms with Crippen molar-refractivity contribution in [3.05, 3.63) is 58.3 Å². The van der Waals surface area contributed by atoms with Gasteiger partial charge in [-0.3, -0.25) is 24.6 Å². The summed E-state index contributed by atoms with van der Waals surface area (Å²) in [6, 6.07) is 11.0. The highest BCUT2D eigenvalue weighted by Gasteiger charge is 2.24. The zero-order valence-electron chi connectivity index (χ0n) is 15.3. The number of nitrogens with zero attached hydrogens (tertiary/aromatic N) is 3. The fourth-order valence-electron chi connectivity index (χ4n) is 2.92. The molecule has 144 valence electrons. The maximum absolute atomic E-state index is 11.7. The van der Waals surface area contributed by atoms with Gasteiger partial charge in [0.2, 0.25) is 6.41 Å². The molecule has 1 aliphatic heterocycles. The predicted molar refractivity (Wildman–Crippen MR) is 110 cm³/mol. The topological polar surface area (TPSA) is 93.0 Å². The van der Waals surface area contributed by atoms with Crippen molar-refractivity contribution in [2.24, 2.45) is 9.98 Å². The maximum Gasteiger partial charge on any atom is 0.305 e. The van der Waals surface area contributed by atoms with Crippen molar-refractivity contribution in [3.63, 3.8) is 0 Å². The molecule has 1 aromatic carbocycles. The summed E-state index contributed by atoms with van der Waals surface area (Å²) in [6.07, 6.45) is 2.94. The first-order chi connectivity index (χ1) is 13.6. The molecule has 3 rings (SSSR count). The molecule has 7 nitrogen and oxygen atoms in total. The summed E-state index contributed by atoms with van der Waals surface area (Å²) >= 11 is 3.50. The molecule has 2 heterocycles. The molecule has 0 fully saturated rings. The van der Waals surface area contributed by atoms with Crippen LogP contribution in [0.5, 0.6) is 0 Å². The Morgan fingerprint density at radius 1 is 1.32 bits per heavy atom. The molecule has 1 atom stereocenters. The fraction of sp³-hybridized carbons (Fsp3) is 0.250. The third-order valence-electron chi connectivity index (χ3n) is 4.27. The number of fused-ring (bicyclic) bond motifs is 1. The van der Waals surface area contributed by atoms with Gasteiger partial charge in [-0.15, -0.1) is 0 Å². The summed E-state index contributed by atoms with van der Waals surface area (Å²) in [4.78, 5) is 36.6. The van der Waals surface area contributed by atoms with Crippen LogP contribution in [-0.2, 0) is 14.3 Å². The molecule has 0 spiro atoms. The molecule has 0 saturated heterocycles. The van der Waals surface area contributed by atoms with Crippen LogP contribution in [0.15, 0.2) is 57.1 Å². The molecule has 0 unspecified atom stereocenters. The Labute approximate surface area is 171 Å². The number of carbonyl (C=O) groups excluding carboxylic acids is 2. The van der Waals surface area contributed by atoms with Gasteiger partial charge in [-0.2, -0.15) is 0 Å². The number of esters is 1. The van der Waals surface area contributed by atoms with Gasteiger partial charge in [0.25, 0.3) is 0 Å². The Morgan fingerprint density at radius 2 is 2.18 bits per heavy atom. The fourth-order valence-corrected chi connectivity index (χ4v) is 3.28. The second-order valence-electron chi connectivity index (χ2n) is 6.09. The van der Waals surface area contributed by atoms with Crippen molar-refractivity contribution < 1.29 is 14.3 Å². The number of hydrogen-bond acceptors (Lipinski definition) is 6. The van der Waals surface area contributed by atoms with E-state index in [0.717, 1.165) is 15.7 Å². The summed E-state index contributed by atoms with van der Waals surface area (Å²) in [7, 11) is 1.36. The van der Waals surface area contributed by atoms with Crippen molar-refractivity contribution in [1.82, 2.24) is 10.3 Å². The minimum Gasteiger partial charge on any atom is -0.469 e. The SMILES string of the molecule is COC(=O)CC[C@@H]1N=C(c2ccccn2)c2cc(Br)ccc2N=C1CNC=O. The van der Waals surface area contributed by atoms with Crippen LogP contribution >= 0.6 is 15.9 Å². The van der Waals surface area contributed by atoms with Crippen LogP contribution < -0.4 is 5.32 Å². The molecule has 1 amide bonds. The van der Waals surface area contributed by atoms with Gasteiger partial charge in [0.05, 0.1) is 42.5 Å². The van der Waals surface area contributed by atoms with Crippen molar-refractivity contribution in [1.29, 1.82) is 0 Å². The maximum atomic E-state index is 11.7. The summed E-state index contributed by atoms with van der Waals surface area (Å²) in [5, 5.41) is 2.65. The number of amides is 1. The van der Waals surface area contributed by atoms with E-state index < -0.39 is 6.04 Å². The van der Waals surface area contributed by atoms with Gasteiger partial charge in [0.15, 0.2) is 0 Å². The summed E-state index contributed by atoms with van der Waals surface area (Å²) in [6.45, 7) is 0.240. The van der Waals surface area contributed by atoms with E-state index in [0.29, 0.717) is 29.9 Å². The van der Waals surface area contributed by atoms with E-state index in [-0.39, 0.29) is 18.9 Å². The Bertz CT molecular complexity index is 928. The highest BCUT2D eigenvalue weighted by molar-refractivity contribution is 9.10. The van der Waals surface area contributed by atoms with Crippen molar-refractivity contribution in [2.75, 3.05) is 13.7 Å². The lowest BCUT2D eigenvalue weighted by Gasteiger charge is -2.14. The van der Waals surface area contributed by atoms with Crippen LogP contribution in [-0.4, -0.2) is 48.5 Å². The molecular weight excluding hydrogens is 424 g/mol. The van der Waals surface area contributed by atoms with E-state index in [4.69, 9.17) is 14.7 Å². The highest BCUT2D eigenvalue weighted by Crippen LogP contribution is 2.30. The minimum atomic E-state index is -0.394. The van der Waals surface area contributed by atoms with Crippen LogP contribution in [0.4, 0.5) is 5.69 Å². The summed E-state index contributed by atoms with van der Waals surface area (Å²) < 4.78 is 5.65. The molecule has 0 radical (unpaired) electrons. The standard InChI is InChI=1S/C20H19BrN4O3/c1-28-19(27)8-7-16-18(11-22-12-26)24-15-6-5-13(21)10-14(15)20(25-16)17-4-2-3-9-23-17/h2-6,9-10,12,16H,7-8,11H2,1H3,(H,22,26)/t16-/m0/s1. The van der Waals surface area contributed by atoms with Crippen LogP contribution in [0, 0.1) is 0 Å². The molecule has 2 aromatic rings. The van der Waals surface area contributed by atoms with Crippen molar-refractivity contribution >= 4 is 45.4 Å². The average Bonchev–Trinajstić information content (AvgIpc) is 2.87. The lowest BCUT2D eigenvalue weighted by atomic mass is 10.0. The van der Waals surface area contributed by atoms with Gasteiger partial charge >= 0.3 is 5.97 Å². The van der Waals surface area contributed by atoms with E-state index in [1.54, 1.807) is 6.20 Å². The second-order valence-corrected chi connectivity index (χ2v) is 7.00. The van der Waals surface area contributed by atoms with Gasteiger partial charge in [-0.25, -0.2) is 0 Å². The van der Waals surface area contributed by atoms with Gasteiger partial charge < -0.3 is 10.1 Å². The van der Waals surface area contributed by atoms with Gasteiger partial charge in [0, 0.05) is 22.7 Å². The van der Waals surface area contributed by atoms with Crippen LogP contribution in [0.1, 0.15) is 24.1 Å². The number of rotatable bonds is 7. The van der Waals surface area contributed by atoms with Crippen molar-refractivity contribution in [2.45, 2.75) is 18.9 Å². The zero-order valence-corrected chi connectivity index (χ0v) is 16.8. The Balaban J connectivity index is 2.11. The number of pyridine rings is 1.